The minimum absolute atomic E-state index is 0.0519. The van der Waals surface area contributed by atoms with Crippen molar-refractivity contribution in [1.29, 1.82) is 0 Å². The van der Waals surface area contributed by atoms with Crippen molar-refractivity contribution in [3.8, 4) is 0 Å². The van der Waals surface area contributed by atoms with Gasteiger partial charge in [0.25, 0.3) is 0 Å². The minimum Gasteiger partial charge on any atom is -0.395 e. The molecule has 2 atom stereocenters. The van der Waals surface area contributed by atoms with Crippen LogP contribution in [0.4, 0.5) is 0 Å². The summed E-state index contributed by atoms with van der Waals surface area (Å²) in [6, 6.07) is 0.182. The summed E-state index contributed by atoms with van der Waals surface area (Å²) in [7, 11) is 1.91. The molecule has 2 fully saturated rings. The van der Waals surface area contributed by atoms with Gasteiger partial charge in [0.1, 0.15) is 0 Å². The second-order valence-electron chi connectivity index (χ2n) is 5.64. The first-order valence-corrected chi connectivity index (χ1v) is 7.02. The zero-order valence-corrected chi connectivity index (χ0v) is 11.4. The number of amides is 2. The fourth-order valence-corrected chi connectivity index (χ4v) is 2.97. The third-order valence-corrected chi connectivity index (χ3v) is 4.13. The molecule has 0 bridgehead atoms. The summed E-state index contributed by atoms with van der Waals surface area (Å²) in [5, 5.41) is 14.7. The summed E-state index contributed by atoms with van der Waals surface area (Å²) in [4.78, 5) is 25.5. The fourth-order valence-electron chi connectivity index (χ4n) is 2.97. The Morgan fingerprint density at radius 2 is 1.74 bits per heavy atom. The zero-order chi connectivity index (χ0) is 13.8. The van der Waals surface area contributed by atoms with Crippen LogP contribution in [0.3, 0.4) is 0 Å². The van der Waals surface area contributed by atoms with Gasteiger partial charge in [-0.2, -0.15) is 0 Å². The SMILES string of the molecule is CN1C[C@H](NC(=O)C(=O)NC2CCCC2)C[C@H]1CO. The van der Waals surface area contributed by atoms with E-state index in [2.05, 4.69) is 10.6 Å². The molecular formula is C13H23N3O3. The van der Waals surface area contributed by atoms with Crippen LogP contribution in [0.2, 0.25) is 0 Å². The smallest absolute Gasteiger partial charge is 0.309 e. The Kier molecular flexibility index (Phi) is 4.76. The maximum atomic E-state index is 11.8. The van der Waals surface area contributed by atoms with E-state index in [1.165, 1.54) is 0 Å². The highest BCUT2D eigenvalue weighted by Gasteiger charge is 2.31. The van der Waals surface area contributed by atoms with E-state index < -0.39 is 11.8 Å². The first-order chi connectivity index (χ1) is 9.10. The Bertz CT molecular complexity index is 342. The molecule has 1 saturated heterocycles. The van der Waals surface area contributed by atoms with Crippen LogP contribution < -0.4 is 10.6 Å². The van der Waals surface area contributed by atoms with Crippen molar-refractivity contribution >= 4 is 11.8 Å². The van der Waals surface area contributed by atoms with Crippen LogP contribution >= 0.6 is 0 Å². The van der Waals surface area contributed by atoms with Crippen LogP contribution in [0.15, 0.2) is 0 Å². The first-order valence-electron chi connectivity index (χ1n) is 7.02. The number of aliphatic hydroxyl groups is 1. The lowest BCUT2D eigenvalue weighted by molar-refractivity contribution is -0.140. The van der Waals surface area contributed by atoms with Gasteiger partial charge in [-0.05, 0) is 26.3 Å². The number of carbonyl (C=O) groups is 2. The van der Waals surface area contributed by atoms with Crippen molar-refractivity contribution in [1.82, 2.24) is 15.5 Å². The highest BCUT2D eigenvalue weighted by atomic mass is 16.3. The maximum Gasteiger partial charge on any atom is 0.309 e. The van der Waals surface area contributed by atoms with Gasteiger partial charge in [-0.1, -0.05) is 12.8 Å². The number of aliphatic hydroxyl groups excluding tert-OH is 1. The lowest BCUT2D eigenvalue weighted by atomic mass is 10.2. The Balaban J connectivity index is 1.76. The van der Waals surface area contributed by atoms with Crippen molar-refractivity contribution in [2.24, 2.45) is 0 Å². The lowest BCUT2D eigenvalue weighted by Gasteiger charge is -2.15. The molecule has 1 aliphatic heterocycles. The molecule has 1 aliphatic carbocycles. The molecule has 2 rings (SSSR count). The molecule has 0 unspecified atom stereocenters. The van der Waals surface area contributed by atoms with E-state index in [0.717, 1.165) is 25.7 Å². The second kappa shape index (κ2) is 6.34. The summed E-state index contributed by atoms with van der Waals surface area (Å²) < 4.78 is 0. The van der Waals surface area contributed by atoms with Crippen molar-refractivity contribution in [3.63, 3.8) is 0 Å². The van der Waals surface area contributed by atoms with Crippen molar-refractivity contribution in [3.05, 3.63) is 0 Å². The maximum absolute atomic E-state index is 11.8. The van der Waals surface area contributed by atoms with E-state index in [1.54, 1.807) is 0 Å². The number of carbonyl (C=O) groups excluding carboxylic acids is 2. The molecule has 0 aromatic rings. The van der Waals surface area contributed by atoms with E-state index >= 15 is 0 Å². The monoisotopic (exact) mass is 269 g/mol. The molecule has 1 heterocycles. The Morgan fingerprint density at radius 3 is 2.26 bits per heavy atom. The molecule has 0 radical (unpaired) electrons. The molecule has 6 heteroatoms. The number of rotatable bonds is 3. The number of nitrogens with one attached hydrogen (secondary N) is 2. The molecule has 6 nitrogen and oxygen atoms in total. The molecule has 0 aromatic carbocycles. The van der Waals surface area contributed by atoms with Crippen LogP contribution in [-0.4, -0.2) is 60.1 Å². The van der Waals surface area contributed by atoms with Crippen LogP contribution in [0.1, 0.15) is 32.1 Å². The number of likely N-dealkylation sites (N-methyl/N-ethyl adjacent to an activating group) is 1. The summed E-state index contributed by atoms with van der Waals surface area (Å²) >= 11 is 0. The highest BCUT2D eigenvalue weighted by Crippen LogP contribution is 2.17. The quantitative estimate of drug-likeness (QED) is 0.588. The van der Waals surface area contributed by atoms with Crippen LogP contribution in [0.5, 0.6) is 0 Å². The van der Waals surface area contributed by atoms with Gasteiger partial charge in [0.15, 0.2) is 0 Å². The molecule has 0 aromatic heterocycles. The normalized spacial score (nSPS) is 28.5. The second-order valence-corrected chi connectivity index (χ2v) is 5.64. The van der Waals surface area contributed by atoms with Gasteiger partial charge in [-0.25, -0.2) is 0 Å². The Morgan fingerprint density at radius 1 is 1.16 bits per heavy atom. The minimum atomic E-state index is -0.552. The van der Waals surface area contributed by atoms with Gasteiger partial charge >= 0.3 is 11.8 Å². The van der Waals surface area contributed by atoms with E-state index in [9.17, 15) is 9.59 Å². The average molecular weight is 269 g/mol. The van der Waals surface area contributed by atoms with E-state index in [0.29, 0.717) is 13.0 Å². The topological polar surface area (TPSA) is 81.7 Å². The number of nitrogens with zero attached hydrogens (tertiary/aromatic N) is 1. The molecular weight excluding hydrogens is 246 g/mol. The van der Waals surface area contributed by atoms with Crippen LogP contribution in [-0.2, 0) is 9.59 Å². The van der Waals surface area contributed by atoms with Crippen LogP contribution in [0, 0.1) is 0 Å². The number of likely N-dealkylation sites (tertiary alicyclic amines) is 1. The van der Waals surface area contributed by atoms with Gasteiger partial charge in [0.05, 0.1) is 6.61 Å². The van der Waals surface area contributed by atoms with E-state index in [1.807, 2.05) is 11.9 Å². The third-order valence-electron chi connectivity index (χ3n) is 4.13. The molecule has 2 aliphatic rings. The fraction of sp³-hybridized carbons (Fsp3) is 0.846. The third kappa shape index (κ3) is 3.67. The average Bonchev–Trinajstić information content (AvgIpc) is 2.98. The summed E-state index contributed by atoms with van der Waals surface area (Å²) in [6.45, 7) is 0.755. The summed E-state index contributed by atoms with van der Waals surface area (Å²) in [5.74, 6) is -1.08. The molecule has 3 N–H and O–H groups in total. The predicted molar refractivity (Wildman–Crippen MR) is 70.5 cm³/mol. The van der Waals surface area contributed by atoms with Gasteiger partial charge < -0.3 is 15.7 Å². The van der Waals surface area contributed by atoms with Gasteiger partial charge in [0, 0.05) is 24.7 Å². The Labute approximate surface area is 113 Å². The van der Waals surface area contributed by atoms with Crippen LogP contribution in [0.25, 0.3) is 0 Å². The number of hydrogen-bond donors (Lipinski definition) is 3. The zero-order valence-electron chi connectivity index (χ0n) is 11.4. The molecule has 2 amide bonds. The van der Waals surface area contributed by atoms with Crippen molar-refractivity contribution < 1.29 is 14.7 Å². The highest BCUT2D eigenvalue weighted by molar-refractivity contribution is 6.35. The molecule has 19 heavy (non-hydrogen) atoms. The van der Waals surface area contributed by atoms with Gasteiger partial charge in [-0.3, -0.25) is 14.5 Å². The largest absolute Gasteiger partial charge is 0.395 e. The molecule has 108 valence electrons. The van der Waals surface area contributed by atoms with E-state index in [4.69, 9.17) is 5.11 Å². The van der Waals surface area contributed by atoms with Crippen molar-refractivity contribution in [2.45, 2.75) is 50.2 Å². The summed E-state index contributed by atoms with van der Waals surface area (Å²) in [6.07, 6.45) is 4.88. The summed E-state index contributed by atoms with van der Waals surface area (Å²) in [5.41, 5.74) is 0. The predicted octanol–water partition coefficient (Wildman–Crippen LogP) is -0.774. The van der Waals surface area contributed by atoms with Crippen molar-refractivity contribution in [2.75, 3.05) is 20.2 Å². The molecule has 0 spiro atoms. The number of hydrogen-bond acceptors (Lipinski definition) is 4. The first kappa shape index (κ1) is 14.3. The lowest BCUT2D eigenvalue weighted by Crippen LogP contribution is -2.47. The molecule has 1 saturated carbocycles. The van der Waals surface area contributed by atoms with E-state index in [-0.39, 0.29) is 24.7 Å². The van der Waals surface area contributed by atoms with Gasteiger partial charge in [-0.15, -0.1) is 0 Å². The Hall–Kier alpha value is -1.14. The van der Waals surface area contributed by atoms with Gasteiger partial charge in [0.2, 0.25) is 0 Å². The standard InChI is InChI=1S/C13H23N3O3/c1-16-7-10(6-11(16)8-17)15-13(19)12(18)14-9-4-2-3-5-9/h9-11,17H,2-8H2,1H3,(H,14,18)(H,15,19)/t10-,11+/m1/s1.